The van der Waals surface area contributed by atoms with Gasteiger partial charge < -0.3 is 9.30 Å². The summed E-state index contributed by atoms with van der Waals surface area (Å²) in [4.78, 5) is 22.0. The highest BCUT2D eigenvalue weighted by atomic mass is 35.5. The second kappa shape index (κ2) is 10.2. The number of carbonyl (C=O) groups is 1. The molecule has 3 aromatic carbocycles. The van der Waals surface area contributed by atoms with Gasteiger partial charge in [-0.15, -0.1) is 11.3 Å². The fraction of sp³-hybridized carbons (Fsp3) is 0.281. The molecular formula is C32H25ClF3N3O2S. The monoisotopic (exact) mass is 607 g/mol. The van der Waals surface area contributed by atoms with Crippen LogP contribution in [0.25, 0.3) is 11.0 Å². The zero-order chi connectivity index (χ0) is 29.1. The third kappa shape index (κ3) is 4.68. The zero-order valence-electron chi connectivity index (χ0n) is 22.3. The molecule has 2 atom stereocenters. The van der Waals surface area contributed by atoms with Crippen molar-refractivity contribution < 1.29 is 22.7 Å². The summed E-state index contributed by atoms with van der Waals surface area (Å²) in [6.45, 7) is 0. The number of hydrogen-bond donors (Lipinski definition) is 0. The third-order valence-corrected chi connectivity index (χ3v) is 9.34. The van der Waals surface area contributed by atoms with Crippen LogP contribution in [-0.4, -0.2) is 26.7 Å². The number of alkyl halides is 3. The number of nitrogens with zero attached hydrogens (tertiary/aromatic N) is 3. The Morgan fingerprint density at radius 3 is 2.40 bits per heavy atom. The van der Waals surface area contributed by atoms with Gasteiger partial charge in [0.15, 0.2) is 0 Å². The SMILES string of the molecule is O=C(OC(c1ccc(Cl)cc1)(c1ccc2nc(C3CC3)n(C3CCc4ccccc4C3)c2c1)c1nccs1)C(F)(F)F. The van der Waals surface area contributed by atoms with Crippen molar-refractivity contribution in [2.75, 3.05) is 0 Å². The maximum Gasteiger partial charge on any atom is 0.490 e. The molecule has 2 unspecified atom stereocenters. The van der Waals surface area contributed by atoms with Crippen LogP contribution in [0, 0.1) is 0 Å². The van der Waals surface area contributed by atoms with E-state index in [9.17, 15) is 18.0 Å². The lowest BCUT2D eigenvalue weighted by atomic mass is 9.85. The minimum absolute atomic E-state index is 0.137. The molecule has 0 aliphatic heterocycles. The van der Waals surface area contributed by atoms with E-state index in [1.807, 2.05) is 12.1 Å². The Morgan fingerprint density at radius 2 is 1.71 bits per heavy atom. The molecule has 2 aliphatic carbocycles. The largest absolute Gasteiger partial charge is 0.490 e. The lowest BCUT2D eigenvalue weighted by Gasteiger charge is -2.33. The molecule has 2 heterocycles. The Morgan fingerprint density at radius 1 is 0.976 bits per heavy atom. The number of benzene rings is 3. The number of rotatable bonds is 6. The molecule has 5 aromatic rings. The molecule has 0 radical (unpaired) electrons. The minimum Gasteiger partial charge on any atom is -0.435 e. The summed E-state index contributed by atoms with van der Waals surface area (Å²) < 4.78 is 49.1. The van der Waals surface area contributed by atoms with Gasteiger partial charge in [-0.2, -0.15) is 13.2 Å². The average Bonchev–Trinajstić information content (AvgIpc) is 3.53. The van der Waals surface area contributed by atoms with Gasteiger partial charge in [-0.1, -0.05) is 54.1 Å². The van der Waals surface area contributed by atoms with Gasteiger partial charge in [0.2, 0.25) is 5.60 Å². The second-order valence-corrected chi connectivity index (χ2v) is 12.2. The van der Waals surface area contributed by atoms with Crippen LogP contribution in [0.2, 0.25) is 5.02 Å². The Bertz CT molecular complexity index is 1780. The van der Waals surface area contributed by atoms with Gasteiger partial charge in [-0.3, -0.25) is 0 Å². The summed E-state index contributed by atoms with van der Waals surface area (Å²) in [5, 5.41) is 2.24. The van der Waals surface area contributed by atoms with Crippen molar-refractivity contribution in [2.45, 2.75) is 55.8 Å². The van der Waals surface area contributed by atoms with E-state index in [1.165, 1.54) is 17.3 Å². The summed E-state index contributed by atoms with van der Waals surface area (Å²) in [5.74, 6) is -0.949. The molecule has 5 nitrogen and oxygen atoms in total. The first-order valence-corrected chi connectivity index (χ1v) is 15.0. The van der Waals surface area contributed by atoms with Gasteiger partial charge in [-0.25, -0.2) is 14.8 Å². The van der Waals surface area contributed by atoms with E-state index in [1.54, 1.807) is 35.7 Å². The average molecular weight is 608 g/mol. The number of esters is 1. The predicted octanol–water partition coefficient (Wildman–Crippen LogP) is 8.15. The highest BCUT2D eigenvalue weighted by Gasteiger charge is 2.51. The molecule has 1 saturated carbocycles. The zero-order valence-corrected chi connectivity index (χ0v) is 23.8. The quantitative estimate of drug-likeness (QED) is 0.183. The summed E-state index contributed by atoms with van der Waals surface area (Å²) in [7, 11) is 0. The molecule has 0 amide bonds. The normalized spacial score (nSPS) is 18.4. The van der Waals surface area contributed by atoms with E-state index >= 15 is 0 Å². The Kier molecular flexibility index (Phi) is 6.62. The lowest BCUT2D eigenvalue weighted by Crippen LogP contribution is -2.40. The van der Waals surface area contributed by atoms with Crippen LogP contribution in [0.3, 0.4) is 0 Å². The fourth-order valence-electron chi connectivity index (χ4n) is 6.10. The number of imidazole rings is 1. The molecule has 2 aromatic heterocycles. The number of halogens is 4. The van der Waals surface area contributed by atoms with Crippen molar-refractivity contribution in [1.82, 2.24) is 14.5 Å². The topological polar surface area (TPSA) is 57.0 Å². The van der Waals surface area contributed by atoms with Crippen molar-refractivity contribution >= 4 is 39.9 Å². The van der Waals surface area contributed by atoms with Gasteiger partial charge in [0.05, 0.1) is 11.0 Å². The molecular weight excluding hydrogens is 583 g/mol. The van der Waals surface area contributed by atoms with Crippen LogP contribution in [0.5, 0.6) is 0 Å². The van der Waals surface area contributed by atoms with E-state index < -0.39 is 17.7 Å². The minimum atomic E-state index is -5.21. The second-order valence-electron chi connectivity index (χ2n) is 10.9. The van der Waals surface area contributed by atoms with Crippen LogP contribution < -0.4 is 0 Å². The highest BCUT2D eigenvalue weighted by molar-refractivity contribution is 7.09. The molecule has 1 fully saturated rings. The van der Waals surface area contributed by atoms with Crippen LogP contribution in [-0.2, 0) is 28.0 Å². The van der Waals surface area contributed by atoms with Gasteiger partial charge >= 0.3 is 12.1 Å². The first-order chi connectivity index (χ1) is 20.2. The fourth-order valence-corrected chi connectivity index (χ4v) is 7.04. The molecule has 2 aliphatic rings. The number of aromatic nitrogens is 3. The summed E-state index contributed by atoms with van der Waals surface area (Å²) in [5.41, 5.74) is 2.89. The Labute approximate surface area is 248 Å². The number of fused-ring (bicyclic) bond motifs is 2. The van der Waals surface area contributed by atoms with Gasteiger partial charge in [-0.05, 0) is 67.5 Å². The maximum absolute atomic E-state index is 13.8. The molecule has 10 heteroatoms. The maximum atomic E-state index is 13.8. The smallest absolute Gasteiger partial charge is 0.435 e. The standard InChI is InChI=1S/C32H25ClF3N3O2S/c33-24-11-8-22(9-12-24)31(29-37-15-16-42-29,41-30(40)32(34,35)36)23-10-14-26-27(18-23)39(28(38-26)20-5-6-20)25-13-7-19-3-1-2-4-21(19)17-25/h1-4,8-12,14-16,18,20,25H,5-7,13,17H2. The predicted molar refractivity (Wildman–Crippen MR) is 155 cm³/mol. The van der Waals surface area contributed by atoms with Gasteiger partial charge in [0.25, 0.3) is 0 Å². The third-order valence-electron chi connectivity index (χ3n) is 8.21. The number of hydrogen-bond acceptors (Lipinski definition) is 5. The van der Waals surface area contributed by atoms with Crippen LogP contribution in [0.4, 0.5) is 13.2 Å². The van der Waals surface area contributed by atoms with E-state index in [0.717, 1.165) is 60.3 Å². The molecule has 0 spiro atoms. The van der Waals surface area contributed by atoms with Gasteiger partial charge in [0.1, 0.15) is 10.8 Å². The molecule has 0 saturated heterocycles. The summed E-state index contributed by atoms with van der Waals surface area (Å²) >= 11 is 7.27. The lowest BCUT2D eigenvalue weighted by molar-refractivity contribution is -0.209. The van der Waals surface area contributed by atoms with Crippen molar-refractivity contribution in [1.29, 1.82) is 0 Å². The number of carbonyl (C=O) groups excluding carboxylic acids is 1. The first kappa shape index (κ1) is 27.2. The van der Waals surface area contributed by atoms with Crippen molar-refractivity contribution in [3.63, 3.8) is 0 Å². The van der Waals surface area contributed by atoms with Crippen molar-refractivity contribution in [3.8, 4) is 0 Å². The van der Waals surface area contributed by atoms with E-state index in [0.29, 0.717) is 22.1 Å². The summed E-state index contributed by atoms with van der Waals surface area (Å²) in [6, 6.07) is 20.2. The first-order valence-electron chi connectivity index (χ1n) is 13.8. The molecule has 7 rings (SSSR count). The van der Waals surface area contributed by atoms with Crippen molar-refractivity contribution in [2.24, 2.45) is 0 Å². The number of thiazole rings is 1. The number of ether oxygens (including phenoxy) is 1. The molecule has 0 bridgehead atoms. The summed E-state index contributed by atoms with van der Waals surface area (Å²) in [6.07, 6.45) is 1.07. The van der Waals surface area contributed by atoms with E-state index in [-0.39, 0.29) is 11.0 Å². The van der Waals surface area contributed by atoms with E-state index in [4.69, 9.17) is 21.3 Å². The van der Waals surface area contributed by atoms with Crippen LogP contribution >= 0.6 is 22.9 Å². The Hall–Kier alpha value is -3.69. The van der Waals surface area contributed by atoms with E-state index in [2.05, 4.69) is 33.8 Å². The molecule has 42 heavy (non-hydrogen) atoms. The Balaban J connectivity index is 1.45. The molecule has 214 valence electrons. The van der Waals surface area contributed by atoms with Crippen molar-refractivity contribution in [3.05, 3.63) is 116 Å². The number of aryl methyl sites for hydroxylation is 1. The van der Waals surface area contributed by atoms with Gasteiger partial charge in [0, 0.05) is 39.7 Å². The van der Waals surface area contributed by atoms with Crippen LogP contribution in [0.15, 0.2) is 78.3 Å². The molecule has 0 N–H and O–H groups in total. The highest BCUT2D eigenvalue weighted by Crippen LogP contribution is 2.47. The van der Waals surface area contributed by atoms with Crippen LogP contribution in [0.1, 0.15) is 64.3 Å².